The van der Waals surface area contributed by atoms with Gasteiger partial charge in [0.1, 0.15) is 17.9 Å². The van der Waals surface area contributed by atoms with Crippen molar-refractivity contribution in [2.75, 3.05) is 0 Å². The van der Waals surface area contributed by atoms with Crippen molar-refractivity contribution in [2.45, 2.75) is 45.6 Å². The molecule has 1 heterocycles. The van der Waals surface area contributed by atoms with Crippen molar-refractivity contribution >= 4 is 5.78 Å². The van der Waals surface area contributed by atoms with Crippen molar-refractivity contribution in [3.63, 3.8) is 0 Å². The van der Waals surface area contributed by atoms with Gasteiger partial charge in [0.15, 0.2) is 0 Å². The van der Waals surface area contributed by atoms with Crippen LogP contribution in [0.5, 0.6) is 0 Å². The SMILES string of the molecule is CC(C)n1ncnc1CCC(=O)C1CC1. The van der Waals surface area contributed by atoms with Crippen LogP contribution in [0.25, 0.3) is 0 Å². The zero-order valence-electron chi connectivity index (χ0n) is 9.31. The minimum absolute atomic E-state index is 0.318. The summed E-state index contributed by atoms with van der Waals surface area (Å²) in [7, 11) is 0. The summed E-state index contributed by atoms with van der Waals surface area (Å²) in [4.78, 5) is 15.7. The van der Waals surface area contributed by atoms with Crippen molar-refractivity contribution in [3.8, 4) is 0 Å². The lowest BCUT2D eigenvalue weighted by Crippen LogP contribution is -2.10. The first kappa shape index (κ1) is 10.3. The van der Waals surface area contributed by atoms with E-state index in [-0.39, 0.29) is 0 Å². The lowest BCUT2D eigenvalue weighted by atomic mass is 10.1. The van der Waals surface area contributed by atoms with Gasteiger partial charge in [-0.3, -0.25) is 4.79 Å². The predicted octanol–water partition coefficient (Wildman–Crippen LogP) is 1.77. The normalized spacial score (nSPS) is 15.9. The number of aromatic nitrogens is 3. The van der Waals surface area contributed by atoms with Crippen LogP contribution in [0.3, 0.4) is 0 Å². The van der Waals surface area contributed by atoms with Crippen LogP contribution < -0.4 is 0 Å². The van der Waals surface area contributed by atoms with Crippen molar-refractivity contribution in [2.24, 2.45) is 5.92 Å². The Morgan fingerprint density at radius 2 is 2.33 bits per heavy atom. The molecule has 0 spiro atoms. The molecule has 1 aliphatic carbocycles. The first-order chi connectivity index (χ1) is 7.18. The summed E-state index contributed by atoms with van der Waals surface area (Å²) in [6.45, 7) is 4.14. The highest BCUT2D eigenvalue weighted by Crippen LogP contribution is 2.31. The van der Waals surface area contributed by atoms with Gasteiger partial charge in [0.25, 0.3) is 0 Å². The molecular weight excluding hydrogens is 190 g/mol. The summed E-state index contributed by atoms with van der Waals surface area (Å²) >= 11 is 0. The second-order valence-electron chi connectivity index (χ2n) is 4.46. The van der Waals surface area contributed by atoms with Crippen LogP contribution in [0.1, 0.15) is 45.0 Å². The highest BCUT2D eigenvalue weighted by atomic mass is 16.1. The highest BCUT2D eigenvalue weighted by molar-refractivity contribution is 5.83. The van der Waals surface area contributed by atoms with Crippen LogP contribution >= 0.6 is 0 Å². The van der Waals surface area contributed by atoms with Gasteiger partial charge in [-0.15, -0.1) is 0 Å². The lowest BCUT2D eigenvalue weighted by Gasteiger charge is -2.08. The molecule has 1 aromatic heterocycles. The molecule has 0 saturated heterocycles. The standard InChI is InChI=1S/C11H17N3O/c1-8(2)14-11(12-7-13-14)6-5-10(15)9-3-4-9/h7-9H,3-6H2,1-2H3. The smallest absolute Gasteiger partial charge is 0.138 e. The van der Waals surface area contributed by atoms with Crippen LogP contribution in [-0.2, 0) is 11.2 Å². The average Bonchev–Trinajstić information content (AvgIpc) is 2.93. The fourth-order valence-corrected chi connectivity index (χ4v) is 1.73. The topological polar surface area (TPSA) is 47.8 Å². The number of rotatable bonds is 5. The van der Waals surface area contributed by atoms with Crippen LogP contribution in [0, 0.1) is 5.92 Å². The Kier molecular flexibility index (Phi) is 2.84. The summed E-state index contributed by atoms with van der Waals surface area (Å²) in [5.74, 6) is 1.69. The molecule has 0 bridgehead atoms. The molecule has 0 aliphatic heterocycles. The van der Waals surface area contributed by atoms with E-state index in [1.165, 1.54) is 0 Å². The second-order valence-corrected chi connectivity index (χ2v) is 4.46. The number of hydrogen-bond donors (Lipinski definition) is 0. The third-order valence-corrected chi connectivity index (χ3v) is 2.76. The van der Waals surface area contributed by atoms with E-state index < -0.39 is 0 Å². The van der Waals surface area contributed by atoms with E-state index in [9.17, 15) is 4.79 Å². The Labute approximate surface area is 89.7 Å². The Balaban J connectivity index is 1.92. The van der Waals surface area contributed by atoms with Gasteiger partial charge in [0.05, 0.1) is 0 Å². The second kappa shape index (κ2) is 4.13. The molecule has 82 valence electrons. The molecule has 1 saturated carbocycles. The number of carbonyl (C=O) groups is 1. The van der Waals surface area contributed by atoms with Crippen molar-refractivity contribution in [3.05, 3.63) is 12.2 Å². The highest BCUT2D eigenvalue weighted by Gasteiger charge is 2.29. The number of carbonyl (C=O) groups excluding carboxylic acids is 1. The van der Waals surface area contributed by atoms with E-state index in [0.29, 0.717) is 24.2 Å². The summed E-state index contributed by atoms with van der Waals surface area (Å²) in [6.07, 6.45) is 5.10. The molecule has 2 rings (SSSR count). The van der Waals surface area contributed by atoms with Crippen molar-refractivity contribution in [1.82, 2.24) is 14.8 Å². The zero-order chi connectivity index (χ0) is 10.8. The predicted molar refractivity (Wildman–Crippen MR) is 56.5 cm³/mol. The van der Waals surface area contributed by atoms with Gasteiger partial charge in [-0.2, -0.15) is 5.10 Å². The summed E-state index contributed by atoms with van der Waals surface area (Å²) in [6, 6.07) is 0.318. The molecule has 0 amide bonds. The summed E-state index contributed by atoms with van der Waals surface area (Å²) in [5, 5.41) is 4.15. The summed E-state index contributed by atoms with van der Waals surface area (Å²) < 4.78 is 1.89. The Morgan fingerprint density at radius 3 is 2.93 bits per heavy atom. The minimum Gasteiger partial charge on any atom is -0.299 e. The molecule has 4 heteroatoms. The third kappa shape index (κ3) is 2.43. The van der Waals surface area contributed by atoms with Gasteiger partial charge in [-0.25, -0.2) is 9.67 Å². The molecule has 1 fully saturated rings. The number of hydrogen-bond acceptors (Lipinski definition) is 3. The van der Waals surface area contributed by atoms with Crippen LogP contribution in [0.15, 0.2) is 6.33 Å². The van der Waals surface area contributed by atoms with Gasteiger partial charge >= 0.3 is 0 Å². The quantitative estimate of drug-likeness (QED) is 0.739. The fraction of sp³-hybridized carbons (Fsp3) is 0.727. The molecule has 0 unspecified atom stereocenters. The molecular formula is C11H17N3O. The van der Waals surface area contributed by atoms with Gasteiger partial charge < -0.3 is 0 Å². The van der Waals surface area contributed by atoms with E-state index in [4.69, 9.17) is 0 Å². The van der Waals surface area contributed by atoms with Crippen LogP contribution in [-0.4, -0.2) is 20.5 Å². The van der Waals surface area contributed by atoms with E-state index in [2.05, 4.69) is 23.9 Å². The number of aryl methyl sites for hydroxylation is 1. The van der Waals surface area contributed by atoms with Gasteiger partial charge in [0, 0.05) is 24.8 Å². The maximum Gasteiger partial charge on any atom is 0.138 e. The van der Waals surface area contributed by atoms with Gasteiger partial charge in [-0.05, 0) is 26.7 Å². The molecule has 1 aliphatic rings. The Bertz CT molecular complexity index is 352. The summed E-state index contributed by atoms with van der Waals surface area (Å²) in [5.41, 5.74) is 0. The average molecular weight is 207 g/mol. The molecule has 0 aromatic carbocycles. The minimum atomic E-state index is 0.318. The van der Waals surface area contributed by atoms with Gasteiger partial charge in [0.2, 0.25) is 0 Å². The number of Topliss-reactive ketones (excluding diaryl/α,β-unsaturated/α-hetero) is 1. The molecule has 0 N–H and O–H groups in total. The van der Waals surface area contributed by atoms with E-state index in [0.717, 1.165) is 25.1 Å². The van der Waals surface area contributed by atoms with E-state index in [1.807, 2.05) is 4.68 Å². The molecule has 0 atom stereocenters. The molecule has 0 radical (unpaired) electrons. The molecule has 4 nitrogen and oxygen atoms in total. The Morgan fingerprint density at radius 1 is 1.60 bits per heavy atom. The maximum atomic E-state index is 11.5. The van der Waals surface area contributed by atoms with Crippen LogP contribution in [0.4, 0.5) is 0 Å². The first-order valence-electron chi connectivity index (χ1n) is 5.59. The molecule has 1 aromatic rings. The van der Waals surface area contributed by atoms with Crippen molar-refractivity contribution < 1.29 is 4.79 Å². The zero-order valence-corrected chi connectivity index (χ0v) is 9.31. The first-order valence-corrected chi connectivity index (χ1v) is 5.59. The van der Waals surface area contributed by atoms with Crippen LogP contribution in [0.2, 0.25) is 0 Å². The Hall–Kier alpha value is -1.19. The number of nitrogens with zero attached hydrogens (tertiary/aromatic N) is 3. The van der Waals surface area contributed by atoms with Gasteiger partial charge in [-0.1, -0.05) is 0 Å². The fourth-order valence-electron chi connectivity index (χ4n) is 1.73. The molecule has 15 heavy (non-hydrogen) atoms. The largest absolute Gasteiger partial charge is 0.299 e. The maximum absolute atomic E-state index is 11.5. The monoisotopic (exact) mass is 207 g/mol. The van der Waals surface area contributed by atoms with E-state index >= 15 is 0 Å². The van der Waals surface area contributed by atoms with E-state index in [1.54, 1.807) is 6.33 Å². The lowest BCUT2D eigenvalue weighted by molar-refractivity contribution is -0.120. The van der Waals surface area contributed by atoms with Crippen molar-refractivity contribution in [1.29, 1.82) is 0 Å². The third-order valence-electron chi connectivity index (χ3n) is 2.76. The number of ketones is 1.